The van der Waals surface area contributed by atoms with Crippen molar-refractivity contribution in [2.75, 3.05) is 13.6 Å². The molecule has 0 aliphatic rings. The van der Waals surface area contributed by atoms with Crippen LogP contribution in [-0.4, -0.2) is 24.5 Å². The number of carbonyl (C=O) groups excluding carboxylic acids is 1. The van der Waals surface area contributed by atoms with Crippen molar-refractivity contribution in [2.45, 2.75) is 13.3 Å². The number of amides is 1. The van der Waals surface area contributed by atoms with Gasteiger partial charge >= 0.3 is 0 Å². The summed E-state index contributed by atoms with van der Waals surface area (Å²) in [6.45, 7) is 2.33. The van der Waals surface area contributed by atoms with Gasteiger partial charge in [0.05, 0.1) is 11.3 Å². The lowest BCUT2D eigenvalue weighted by Gasteiger charge is -2.03. The van der Waals surface area contributed by atoms with Gasteiger partial charge in [-0.15, -0.1) is 0 Å². The van der Waals surface area contributed by atoms with Crippen molar-refractivity contribution in [1.29, 1.82) is 0 Å². The summed E-state index contributed by atoms with van der Waals surface area (Å²) in [5.74, 6) is 5.67. The molecule has 84 valence electrons. The molecule has 1 rings (SSSR count). The minimum absolute atomic E-state index is 0.133. The van der Waals surface area contributed by atoms with Crippen LogP contribution in [0.2, 0.25) is 0 Å². The lowest BCUT2D eigenvalue weighted by Crippen LogP contribution is -2.19. The molecule has 1 aromatic heterocycles. The van der Waals surface area contributed by atoms with E-state index in [1.807, 2.05) is 0 Å². The number of carbonyl (C=O) groups is 1. The molecule has 4 heteroatoms. The summed E-state index contributed by atoms with van der Waals surface area (Å²) >= 11 is 0. The zero-order valence-corrected chi connectivity index (χ0v) is 9.50. The van der Waals surface area contributed by atoms with Gasteiger partial charge in [-0.05, 0) is 25.0 Å². The van der Waals surface area contributed by atoms with E-state index in [9.17, 15) is 4.79 Å². The fraction of sp³-hybridized carbons (Fsp3) is 0.333. The molecular weight excluding hydrogens is 202 g/mol. The number of pyridine rings is 1. The molecule has 0 radical (unpaired) electrons. The fourth-order valence-corrected chi connectivity index (χ4v) is 1.23. The van der Waals surface area contributed by atoms with Gasteiger partial charge in [0.2, 0.25) is 0 Å². The maximum atomic E-state index is 11.4. The summed E-state index contributed by atoms with van der Waals surface area (Å²) in [5, 5.41) is 2.56. The molecule has 0 atom stereocenters. The van der Waals surface area contributed by atoms with Gasteiger partial charge in [0, 0.05) is 20.0 Å². The van der Waals surface area contributed by atoms with Crippen molar-refractivity contribution in [3.05, 3.63) is 29.1 Å². The van der Waals surface area contributed by atoms with E-state index in [-0.39, 0.29) is 5.91 Å². The van der Waals surface area contributed by atoms with E-state index in [1.165, 1.54) is 0 Å². The maximum absolute atomic E-state index is 11.4. The summed E-state index contributed by atoms with van der Waals surface area (Å²) in [4.78, 5) is 15.6. The summed E-state index contributed by atoms with van der Waals surface area (Å²) in [6, 6.07) is 3.47. The normalized spacial score (nSPS) is 9.19. The number of aromatic nitrogens is 1. The minimum atomic E-state index is -0.133. The van der Waals surface area contributed by atoms with Gasteiger partial charge < -0.3 is 11.1 Å². The zero-order valence-electron chi connectivity index (χ0n) is 9.50. The molecule has 1 aromatic rings. The van der Waals surface area contributed by atoms with E-state index in [0.717, 1.165) is 0 Å². The molecule has 0 bridgehead atoms. The van der Waals surface area contributed by atoms with Gasteiger partial charge in [-0.3, -0.25) is 4.79 Å². The van der Waals surface area contributed by atoms with Crippen LogP contribution in [0.5, 0.6) is 0 Å². The molecule has 0 saturated heterocycles. The lowest BCUT2D eigenvalue weighted by molar-refractivity contribution is 0.0962. The van der Waals surface area contributed by atoms with Crippen LogP contribution in [-0.2, 0) is 0 Å². The Kier molecular flexibility index (Phi) is 4.49. The number of nitrogens with one attached hydrogen (secondary N) is 1. The predicted octanol–water partition coefficient (Wildman–Crippen LogP) is 0.450. The second-order valence-electron chi connectivity index (χ2n) is 3.25. The van der Waals surface area contributed by atoms with E-state index in [4.69, 9.17) is 5.73 Å². The fourth-order valence-electron chi connectivity index (χ4n) is 1.23. The summed E-state index contributed by atoms with van der Waals surface area (Å²) in [6.07, 6.45) is 0.651. The summed E-state index contributed by atoms with van der Waals surface area (Å²) in [7, 11) is 1.59. The van der Waals surface area contributed by atoms with E-state index in [1.54, 1.807) is 26.1 Å². The highest BCUT2D eigenvalue weighted by molar-refractivity contribution is 5.94. The highest BCUT2D eigenvalue weighted by atomic mass is 16.1. The Morgan fingerprint density at radius 2 is 2.31 bits per heavy atom. The van der Waals surface area contributed by atoms with Crippen molar-refractivity contribution in [2.24, 2.45) is 5.73 Å². The quantitative estimate of drug-likeness (QED) is 0.707. The Balaban J connectivity index is 2.92. The lowest BCUT2D eigenvalue weighted by atomic mass is 10.1. The second kappa shape index (κ2) is 5.89. The maximum Gasteiger partial charge on any atom is 0.252 e. The topological polar surface area (TPSA) is 68.0 Å². The third-order valence-electron chi connectivity index (χ3n) is 2.04. The Morgan fingerprint density at radius 3 is 2.88 bits per heavy atom. The van der Waals surface area contributed by atoms with E-state index >= 15 is 0 Å². The first-order chi connectivity index (χ1) is 7.69. The van der Waals surface area contributed by atoms with Crippen molar-refractivity contribution in [3.63, 3.8) is 0 Å². The van der Waals surface area contributed by atoms with Crippen molar-refractivity contribution < 1.29 is 4.79 Å². The van der Waals surface area contributed by atoms with E-state index in [0.29, 0.717) is 29.9 Å². The van der Waals surface area contributed by atoms with Crippen molar-refractivity contribution in [3.8, 4) is 11.8 Å². The predicted molar refractivity (Wildman–Crippen MR) is 62.9 cm³/mol. The van der Waals surface area contributed by atoms with Crippen LogP contribution >= 0.6 is 0 Å². The van der Waals surface area contributed by atoms with Gasteiger partial charge in [0.15, 0.2) is 0 Å². The third kappa shape index (κ3) is 3.07. The number of hydrogen-bond acceptors (Lipinski definition) is 3. The minimum Gasteiger partial charge on any atom is -0.355 e. The molecule has 1 amide bonds. The molecule has 16 heavy (non-hydrogen) atoms. The van der Waals surface area contributed by atoms with Gasteiger partial charge in [0.1, 0.15) is 5.69 Å². The van der Waals surface area contributed by atoms with Gasteiger partial charge in [-0.1, -0.05) is 5.92 Å². The molecule has 0 unspecified atom stereocenters. The van der Waals surface area contributed by atoms with E-state index in [2.05, 4.69) is 22.1 Å². The average Bonchev–Trinajstić information content (AvgIpc) is 2.29. The zero-order chi connectivity index (χ0) is 12.0. The van der Waals surface area contributed by atoms with Crippen LogP contribution < -0.4 is 11.1 Å². The van der Waals surface area contributed by atoms with Gasteiger partial charge in [0.25, 0.3) is 5.91 Å². The van der Waals surface area contributed by atoms with Crippen molar-refractivity contribution in [1.82, 2.24) is 10.3 Å². The van der Waals surface area contributed by atoms with Crippen LogP contribution in [0.25, 0.3) is 0 Å². The molecule has 4 nitrogen and oxygen atoms in total. The summed E-state index contributed by atoms with van der Waals surface area (Å²) in [5.41, 5.74) is 7.25. The Hall–Kier alpha value is -1.86. The number of nitrogens with zero attached hydrogens (tertiary/aromatic N) is 1. The monoisotopic (exact) mass is 217 g/mol. The molecule has 0 saturated carbocycles. The molecule has 0 spiro atoms. The average molecular weight is 217 g/mol. The third-order valence-corrected chi connectivity index (χ3v) is 2.04. The standard InChI is InChI=1S/C12H15N3O/c1-9-11(12(16)14-2)7-6-10(15-9)5-3-4-8-13/h6-7H,4,8,13H2,1-2H3,(H,14,16). The number of aryl methyl sites for hydroxylation is 1. The molecule has 0 aliphatic carbocycles. The molecule has 0 aliphatic heterocycles. The number of nitrogens with two attached hydrogens (primary N) is 1. The van der Waals surface area contributed by atoms with Crippen LogP contribution in [0, 0.1) is 18.8 Å². The Bertz CT molecular complexity index is 443. The SMILES string of the molecule is CNC(=O)c1ccc(C#CCCN)nc1C. The Labute approximate surface area is 95.3 Å². The first kappa shape index (κ1) is 12.2. The van der Waals surface area contributed by atoms with Crippen LogP contribution in [0.3, 0.4) is 0 Å². The summed E-state index contributed by atoms with van der Waals surface area (Å²) < 4.78 is 0. The number of hydrogen-bond donors (Lipinski definition) is 2. The molecule has 1 heterocycles. The van der Waals surface area contributed by atoms with Crippen LogP contribution in [0.4, 0.5) is 0 Å². The number of rotatable bonds is 2. The van der Waals surface area contributed by atoms with Gasteiger partial charge in [-0.25, -0.2) is 4.98 Å². The molecule has 3 N–H and O–H groups in total. The van der Waals surface area contributed by atoms with Crippen LogP contribution in [0.15, 0.2) is 12.1 Å². The second-order valence-corrected chi connectivity index (χ2v) is 3.25. The smallest absolute Gasteiger partial charge is 0.252 e. The first-order valence-electron chi connectivity index (χ1n) is 5.07. The molecule has 0 fully saturated rings. The molecule has 0 aromatic carbocycles. The van der Waals surface area contributed by atoms with Gasteiger partial charge in [-0.2, -0.15) is 0 Å². The van der Waals surface area contributed by atoms with Crippen molar-refractivity contribution >= 4 is 5.91 Å². The highest BCUT2D eigenvalue weighted by Gasteiger charge is 2.07. The molecular formula is C12H15N3O. The highest BCUT2D eigenvalue weighted by Crippen LogP contribution is 2.05. The van der Waals surface area contributed by atoms with Crippen LogP contribution in [0.1, 0.15) is 28.2 Å². The Morgan fingerprint density at radius 1 is 1.56 bits per heavy atom. The van der Waals surface area contributed by atoms with E-state index < -0.39 is 0 Å². The largest absolute Gasteiger partial charge is 0.355 e. The first-order valence-corrected chi connectivity index (χ1v) is 5.07.